The molecule has 0 bridgehead atoms. The van der Waals surface area contributed by atoms with Gasteiger partial charge in [-0.25, -0.2) is 0 Å². The Hall–Kier alpha value is -1.33. The van der Waals surface area contributed by atoms with E-state index in [1.165, 1.54) is 12.8 Å². The van der Waals surface area contributed by atoms with Gasteiger partial charge >= 0.3 is 0 Å². The van der Waals surface area contributed by atoms with Crippen LogP contribution in [-0.2, 0) is 11.3 Å². The minimum atomic E-state index is 0.328. The van der Waals surface area contributed by atoms with Gasteiger partial charge in [0.25, 0.3) is 0 Å². The Morgan fingerprint density at radius 1 is 1.25 bits per heavy atom. The first-order valence-electron chi connectivity index (χ1n) is 7.16. The van der Waals surface area contributed by atoms with Crippen LogP contribution >= 0.6 is 11.6 Å². The molecular weight excluding hydrogens is 276 g/mol. The van der Waals surface area contributed by atoms with Crippen molar-refractivity contribution in [3.63, 3.8) is 0 Å². The van der Waals surface area contributed by atoms with Gasteiger partial charge in [0.1, 0.15) is 11.5 Å². The van der Waals surface area contributed by atoms with Crippen LogP contribution in [0.15, 0.2) is 12.3 Å². The van der Waals surface area contributed by atoms with Crippen molar-refractivity contribution in [3.8, 4) is 0 Å². The highest BCUT2D eigenvalue weighted by molar-refractivity contribution is 6.28. The second-order valence-electron chi connectivity index (χ2n) is 5.56. The van der Waals surface area contributed by atoms with Gasteiger partial charge in [-0.15, -0.1) is 0 Å². The van der Waals surface area contributed by atoms with E-state index >= 15 is 0 Å². The van der Waals surface area contributed by atoms with E-state index in [0.717, 1.165) is 55.6 Å². The number of rotatable bonds is 3. The van der Waals surface area contributed by atoms with Crippen LogP contribution < -0.4 is 4.90 Å². The van der Waals surface area contributed by atoms with Gasteiger partial charge in [0.15, 0.2) is 0 Å². The molecule has 0 amide bonds. The van der Waals surface area contributed by atoms with Crippen molar-refractivity contribution in [2.75, 3.05) is 31.2 Å². The van der Waals surface area contributed by atoms with Gasteiger partial charge in [-0.3, -0.25) is 0 Å². The zero-order valence-corrected chi connectivity index (χ0v) is 12.0. The van der Waals surface area contributed by atoms with Gasteiger partial charge in [0.05, 0.1) is 18.6 Å². The largest absolute Gasteiger partial charge is 0.378 e. The van der Waals surface area contributed by atoms with Crippen LogP contribution in [0.5, 0.6) is 0 Å². The maximum absolute atomic E-state index is 6.13. The van der Waals surface area contributed by atoms with Crippen LogP contribution in [0.3, 0.4) is 0 Å². The Kier molecular flexibility index (Phi) is 3.04. The molecule has 6 heteroatoms. The van der Waals surface area contributed by atoms with E-state index in [0.29, 0.717) is 5.28 Å². The number of aromatic nitrogens is 3. The lowest BCUT2D eigenvalue weighted by molar-refractivity contribution is 0.122. The highest BCUT2D eigenvalue weighted by Gasteiger charge is 2.24. The molecule has 106 valence electrons. The summed E-state index contributed by atoms with van der Waals surface area (Å²) in [7, 11) is 0. The van der Waals surface area contributed by atoms with Gasteiger partial charge in [-0.05, 0) is 36.4 Å². The van der Waals surface area contributed by atoms with Crippen molar-refractivity contribution < 1.29 is 4.74 Å². The first-order valence-corrected chi connectivity index (χ1v) is 7.54. The molecule has 2 aliphatic rings. The van der Waals surface area contributed by atoms with Crippen LogP contribution in [0.1, 0.15) is 12.8 Å². The fourth-order valence-electron chi connectivity index (χ4n) is 2.77. The van der Waals surface area contributed by atoms with E-state index < -0.39 is 0 Å². The Morgan fingerprint density at radius 2 is 2.05 bits per heavy atom. The summed E-state index contributed by atoms with van der Waals surface area (Å²) in [6.45, 7) is 4.24. The van der Waals surface area contributed by atoms with Crippen LogP contribution in [0.2, 0.25) is 5.28 Å². The fourth-order valence-corrected chi connectivity index (χ4v) is 2.93. The molecule has 0 radical (unpaired) electrons. The topological polar surface area (TPSA) is 43.2 Å². The summed E-state index contributed by atoms with van der Waals surface area (Å²) >= 11 is 6.13. The molecule has 20 heavy (non-hydrogen) atoms. The molecule has 5 nitrogen and oxygen atoms in total. The summed E-state index contributed by atoms with van der Waals surface area (Å²) in [5.41, 5.74) is 0.957. The molecule has 1 aliphatic heterocycles. The second kappa shape index (κ2) is 4.90. The minimum absolute atomic E-state index is 0.328. The molecule has 0 N–H and O–H groups in total. The number of fused-ring (bicyclic) bond motifs is 1. The third-order valence-electron chi connectivity index (χ3n) is 4.03. The average molecular weight is 293 g/mol. The van der Waals surface area contributed by atoms with E-state index in [1.54, 1.807) is 0 Å². The molecule has 2 aromatic rings. The zero-order valence-electron chi connectivity index (χ0n) is 11.3. The third kappa shape index (κ3) is 2.25. The number of halogens is 1. The molecule has 1 saturated heterocycles. The molecule has 1 saturated carbocycles. The van der Waals surface area contributed by atoms with Crippen molar-refractivity contribution in [1.29, 1.82) is 0 Å². The second-order valence-corrected chi connectivity index (χ2v) is 5.90. The van der Waals surface area contributed by atoms with Gasteiger partial charge in [0.2, 0.25) is 5.28 Å². The van der Waals surface area contributed by atoms with E-state index in [1.807, 2.05) is 0 Å². The lowest BCUT2D eigenvalue weighted by Gasteiger charge is -2.28. The SMILES string of the molecule is Clc1nc(N2CCOCC2)c2ccn(CC3CC3)c2n1. The van der Waals surface area contributed by atoms with Crippen molar-refractivity contribution in [1.82, 2.24) is 14.5 Å². The molecule has 0 unspecified atom stereocenters. The maximum Gasteiger partial charge on any atom is 0.226 e. The molecule has 0 spiro atoms. The highest BCUT2D eigenvalue weighted by Crippen LogP contribution is 2.33. The first kappa shape index (κ1) is 12.4. The smallest absolute Gasteiger partial charge is 0.226 e. The number of anilines is 1. The standard InChI is InChI=1S/C14H17ClN4O/c15-14-16-12(18-5-7-20-8-6-18)11-3-4-19(13(11)17-14)9-10-1-2-10/h3-4,10H,1-2,5-9H2. The zero-order chi connectivity index (χ0) is 13.5. The van der Waals surface area contributed by atoms with Crippen molar-refractivity contribution in [2.45, 2.75) is 19.4 Å². The van der Waals surface area contributed by atoms with Crippen molar-refractivity contribution in [3.05, 3.63) is 17.5 Å². The van der Waals surface area contributed by atoms with Crippen LogP contribution in [0, 0.1) is 5.92 Å². The third-order valence-corrected chi connectivity index (χ3v) is 4.20. The summed E-state index contributed by atoms with van der Waals surface area (Å²) in [5.74, 6) is 1.75. The molecule has 0 aromatic carbocycles. The van der Waals surface area contributed by atoms with Gasteiger partial charge in [-0.2, -0.15) is 9.97 Å². The van der Waals surface area contributed by atoms with E-state index in [2.05, 4.69) is 31.7 Å². The number of hydrogen-bond donors (Lipinski definition) is 0. The van der Waals surface area contributed by atoms with E-state index in [-0.39, 0.29) is 0 Å². The lowest BCUT2D eigenvalue weighted by Crippen LogP contribution is -2.37. The van der Waals surface area contributed by atoms with Crippen LogP contribution in [0.25, 0.3) is 11.0 Å². The number of ether oxygens (including phenoxy) is 1. The Morgan fingerprint density at radius 3 is 2.80 bits per heavy atom. The molecule has 2 fully saturated rings. The Bertz CT molecular complexity index is 631. The normalized spacial score (nSPS) is 19.8. The predicted octanol–water partition coefficient (Wildman–Crippen LogP) is 2.33. The van der Waals surface area contributed by atoms with Gasteiger partial charge in [-0.1, -0.05) is 0 Å². The fraction of sp³-hybridized carbons (Fsp3) is 0.571. The quantitative estimate of drug-likeness (QED) is 0.815. The Labute approximate surface area is 122 Å². The lowest BCUT2D eigenvalue weighted by atomic mass is 10.3. The predicted molar refractivity (Wildman–Crippen MR) is 78.3 cm³/mol. The number of hydrogen-bond acceptors (Lipinski definition) is 4. The molecule has 2 aromatic heterocycles. The summed E-state index contributed by atoms with van der Waals surface area (Å²) in [6, 6.07) is 2.11. The number of nitrogens with zero attached hydrogens (tertiary/aromatic N) is 4. The Balaban J connectivity index is 1.77. The average Bonchev–Trinajstić information content (AvgIpc) is 3.20. The van der Waals surface area contributed by atoms with E-state index in [9.17, 15) is 0 Å². The summed E-state index contributed by atoms with van der Waals surface area (Å²) in [5, 5.41) is 1.42. The van der Waals surface area contributed by atoms with Crippen LogP contribution in [0.4, 0.5) is 5.82 Å². The molecule has 1 aliphatic carbocycles. The highest BCUT2D eigenvalue weighted by atomic mass is 35.5. The monoisotopic (exact) mass is 292 g/mol. The van der Waals surface area contributed by atoms with Gasteiger partial charge in [0, 0.05) is 25.8 Å². The van der Waals surface area contributed by atoms with Gasteiger partial charge < -0.3 is 14.2 Å². The molecule has 0 atom stereocenters. The van der Waals surface area contributed by atoms with Crippen molar-refractivity contribution >= 4 is 28.5 Å². The maximum atomic E-state index is 6.13. The summed E-state index contributed by atoms with van der Waals surface area (Å²) < 4.78 is 7.62. The molecule has 4 rings (SSSR count). The van der Waals surface area contributed by atoms with Crippen LogP contribution in [-0.4, -0.2) is 40.8 Å². The summed E-state index contributed by atoms with van der Waals surface area (Å²) in [4.78, 5) is 11.1. The number of morpholine rings is 1. The molecular formula is C14H17ClN4O. The van der Waals surface area contributed by atoms with Crippen molar-refractivity contribution in [2.24, 2.45) is 5.92 Å². The molecule has 3 heterocycles. The first-order chi connectivity index (χ1) is 9.81. The van der Waals surface area contributed by atoms with E-state index in [4.69, 9.17) is 16.3 Å². The summed E-state index contributed by atoms with van der Waals surface area (Å²) in [6.07, 6.45) is 4.77. The minimum Gasteiger partial charge on any atom is -0.378 e.